The molecule has 28 heavy (non-hydrogen) atoms. The quantitative estimate of drug-likeness (QED) is 0.517. The van der Waals surface area contributed by atoms with Gasteiger partial charge in [-0.3, -0.25) is 9.20 Å². The predicted molar refractivity (Wildman–Crippen MR) is 119 cm³/mol. The fourth-order valence-electron chi connectivity index (χ4n) is 4.28. The van der Waals surface area contributed by atoms with E-state index in [1.807, 2.05) is 30.3 Å². The first-order valence-corrected chi connectivity index (χ1v) is 12.4. The molecular weight excluding hydrogens is 368 g/mol. The maximum absolute atomic E-state index is 12.3. The molecule has 2 aliphatic rings. The molecule has 1 saturated heterocycles. The third-order valence-corrected chi connectivity index (χ3v) is 7.11. The summed E-state index contributed by atoms with van der Waals surface area (Å²) in [6.07, 6.45) is 7.96. The van der Waals surface area contributed by atoms with Crippen LogP contribution in [0.15, 0.2) is 35.3 Å². The summed E-state index contributed by atoms with van der Waals surface area (Å²) in [7, 11) is -0.874. The number of rotatable bonds is 8. The number of piperidine rings is 1. The van der Waals surface area contributed by atoms with Crippen molar-refractivity contribution in [3.8, 4) is 0 Å². The summed E-state index contributed by atoms with van der Waals surface area (Å²) in [5.41, 5.74) is 1.13. The molecule has 0 spiro atoms. The summed E-state index contributed by atoms with van der Waals surface area (Å²) in [5, 5.41) is 6.95. The summed E-state index contributed by atoms with van der Waals surface area (Å²) >= 11 is 0. The van der Waals surface area contributed by atoms with Gasteiger partial charge >= 0.3 is 0 Å². The average molecular weight is 405 g/mol. The van der Waals surface area contributed by atoms with Crippen LogP contribution in [0.2, 0.25) is 0 Å². The molecule has 1 saturated carbocycles. The van der Waals surface area contributed by atoms with Crippen LogP contribution in [0.5, 0.6) is 0 Å². The molecule has 2 fully saturated rings. The van der Waals surface area contributed by atoms with Crippen molar-refractivity contribution in [3.05, 3.63) is 35.9 Å². The summed E-state index contributed by atoms with van der Waals surface area (Å²) in [6, 6.07) is 11.4. The Morgan fingerprint density at radius 2 is 1.86 bits per heavy atom. The van der Waals surface area contributed by atoms with Gasteiger partial charge in [0.25, 0.3) is 0 Å². The van der Waals surface area contributed by atoms with E-state index in [1.165, 1.54) is 51.6 Å². The zero-order valence-corrected chi connectivity index (χ0v) is 18.1. The third kappa shape index (κ3) is 6.89. The van der Waals surface area contributed by atoms with Crippen molar-refractivity contribution in [1.29, 1.82) is 0 Å². The molecule has 1 aromatic rings. The van der Waals surface area contributed by atoms with E-state index in [-0.39, 0.29) is 0 Å². The number of hydrogen-bond acceptors (Lipinski definition) is 3. The Balaban J connectivity index is 1.40. The Bertz CT molecular complexity index is 623. The molecule has 0 bridgehead atoms. The fourth-order valence-corrected chi connectivity index (χ4v) is 5.29. The zero-order chi connectivity index (χ0) is 19.6. The lowest BCUT2D eigenvalue weighted by Gasteiger charge is -2.36. The molecule has 156 valence electrons. The highest BCUT2D eigenvalue weighted by molar-refractivity contribution is 7.84. The minimum absolute atomic E-state index is 0.491. The van der Waals surface area contributed by atoms with E-state index >= 15 is 0 Å². The van der Waals surface area contributed by atoms with Crippen LogP contribution >= 0.6 is 0 Å². The molecule has 1 aliphatic carbocycles. The van der Waals surface area contributed by atoms with Gasteiger partial charge in [0.2, 0.25) is 0 Å². The maximum Gasteiger partial charge on any atom is 0.191 e. The first kappa shape index (κ1) is 21.3. The molecular formula is C22H36N4OS. The highest BCUT2D eigenvalue weighted by Gasteiger charge is 2.27. The Labute approximate surface area is 172 Å². The van der Waals surface area contributed by atoms with Crippen LogP contribution < -0.4 is 10.6 Å². The zero-order valence-electron chi connectivity index (χ0n) is 17.2. The molecule has 1 atom stereocenters. The lowest BCUT2D eigenvalue weighted by Crippen LogP contribution is -2.50. The summed E-state index contributed by atoms with van der Waals surface area (Å²) in [4.78, 5) is 7.37. The number of nitrogens with zero attached hydrogens (tertiary/aromatic N) is 2. The second-order valence-electron chi connectivity index (χ2n) is 7.93. The van der Waals surface area contributed by atoms with Gasteiger partial charge in [0.1, 0.15) is 0 Å². The minimum Gasteiger partial charge on any atom is -0.357 e. The average Bonchev–Trinajstić information content (AvgIpc) is 3.24. The van der Waals surface area contributed by atoms with Gasteiger partial charge in [-0.1, -0.05) is 43.2 Å². The van der Waals surface area contributed by atoms with Crippen molar-refractivity contribution in [2.75, 3.05) is 31.9 Å². The van der Waals surface area contributed by atoms with Gasteiger partial charge in [0, 0.05) is 54.0 Å². The molecule has 0 radical (unpaired) electrons. The van der Waals surface area contributed by atoms with Crippen LogP contribution in [0.25, 0.3) is 0 Å². The molecule has 0 aromatic heterocycles. The second-order valence-corrected chi connectivity index (χ2v) is 9.50. The lowest BCUT2D eigenvalue weighted by atomic mass is 10.0. The topological polar surface area (TPSA) is 56.7 Å². The normalized spacial score (nSPS) is 21.0. The minimum atomic E-state index is -0.874. The van der Waals surface area contributed by atoms with Crippen LogP contribution in [-0.4, -0.2) is 59.1 Å². The van der Waals surface area contributed by atoms with E-state index in [4.69, 9.17) is 0 Å². The molecule has 2 N–H and O–H groups in total. The van der Waals surface area contributed by atoms with Crippen molar-refractivity contribution in [2.24, 2.45) is 4.99 Å². The Morgan fingerprint density at radius 3 is 2.54 bits per heavy atom. The predicted octanol–water partition coefficient (Wildman–Crippen LogP) is 2.90. The summed E-state index contributed by atoms with van der Waals surface area (Å²) < 4.78 is 12.3. The SMILES string of the molecule is CCNC(=NCCS(=O)Cc1ccccc1)NC1CCN(C2CCCC2)CC1. The van der Waals surface area contributed by atoms with Crippen molar-refractivity contribution < 1.29 is 4.21 Å². The number of guanidine groups is 1. The van der Waals surface area contributed by atoms with Crippen LogP contribution in [0.3, 0.4) is 0 Å². The number of hydrogen-bond donors (Lipinski definition) is 2. The Kier molecular flexibility index (Phi) is 8.80. The summed E-state index contributed by atoms with van der Waals surface area (Å²) in [5.74, 6) is 2.09. The van der Waals surface area contributed by atoms with Gasteiger partial charge in [0.15, 0.2) is 5.96 Å². The largest absolute Gasteiger partial charge is 0.357 e. The van der Waals surface area contributed by atoms with Crippen molar-refractivity contribution >= 4 is 16.8 Å². The van der Waals surface area contributed by atoms with E-state index in [0.717, 1.165) is 24.1 Å². The number of nitrogens with one attached hydrogen (secondary N) is 2. The molecule has 1 aromatic carbocycles. The first-order chi connectivity index (χ1) is 13.7. The standard InChI is InChI=1S/C22H36N4OS/c1-2-23-22(24-14-17-28(27)18-19-8-4-3-5-9-19)25-20-12-15-26(16-13-20)21-10-6-7-11-21/h3-5,8-9,20-21H,2,6-7,10-18H2,1H3,(H2,23,24,25). The van der Waals surface area contributed by atoms with Crippen LogP contribution in [0.1, 0.15) is 51.0 Å². The Hall–Kier alpha value is -1.40. The van der Waals surface area contributed by atoms with Gasteiger partial charge in [-0.15, -0.1) is 0 Å². The van der Waals surface area contributed by atoms with Crippen LogP contribution in [0, 0.1) is 0 Å². The number of benzene rings is 1. The fraction of sp³-hybridized carbons (Fsp3) is 0.682. The van der Waals surface area contributed by atoms with Gasteiger partial charge in [-0.2, -0.15) is 0 Å². The van der Waals surface area contributed by atoms with Gasteiger partial charge in [-0.25, -0.2) is 0 Å². The van der Waals surface area contributed by atoms with Crippen LogP contribution in [0.4, 0.5) is 0 Å². The van der Waals surface area contributed by atoms with Crippen LogP contribution in [-0.2, 0) is 16.6 Å². The Morgan fingerprint density at radius 1 is 1.14 bits per heavy atom. The monoisotopic (exact) mass is 404 g/mol. The van der Waals surface area contributed by atoms with Gasteiger partial charge in [0.05, 0.1) is 6.54 Å². The first-order valence-electron chi connectivity index (χ1n) is 10.9. The molecule has 1 heterocycles. The highest BCUT2D eigenvalue weighted by atomic mass is 32.2. The maximum atomic E-state index is 12.3. The number of aliphatic imine (C=N–C) groups is 1. The highest BCUT2D eigenvalue weighted by Crippen LogP contribution is 2.26. The van der Waals surface area contributed by atoms with Gasteiger partial charge in [-0.05, 0) is 38.2 Å². The third-order valence-electron chi connectivity index (χ3n) is 5.82. The number of likely N-dealkylation sites (tertiary alicyclic amines) is 1. The van der Waals surface area contributed by atoms with E-state index < -0.39 is 10.8 Å². The molecule has 6 heteroatoms. The molecule has 3 rings (SSSR count). The molecule has 1 aliphatic heterocycles. The van der Waals surface area contributed by atoms with Crippen molar-refractivity contribution in [1.82, 2.24) is 15.5 Å². The van der Waals surface area contributed by atoms with E-state index in [0.29, 0.717) is 24.1 Å². The van der Waals surface area contributed by atoms with E-state index in [1.54, 1.807) is 0 Å². The molecule has 1 unspecified atom stereocenters. The van der Waals surface area contributed by atoms with E-state index in [9.17, 15) is 4.21 Å². The summed E-state index contributed by atoms with van der Waals surface area (Å²) in [6.45, 7) is 5.93. The second kappa shape index (κ2) is 11.6. The van der Waals surface area contributed by atoms with Crippen molar-refractivity contribution in [3.63, 3.8) is 0 Å². The van der Waals surface area contributed by atoms with E-state index in [2.05, 4.69) is 27.4 Å². The van der Waals surface area contributed by atoms with Crippen molar-refractivity contribution in [2.45, 2.75) is 63.3 Å². The van der Waals surface area contributed by atoms with Gasteiger partial charge < -0.3 is 15.5 Å². The molecule has 5 nitrogen and oxygen atoms in total. The smallest absolute Gasteiger partial charge is 0.191 e. The lowest BCUT2D eigenvalue weighted by molar-refractivity contribution is 0.150. The molecule has 0 amide bonds.